The third-order valence-corrected chi connectivity index (χ3v) is 2.52. The number of aryl methyl sites for hydroxylation is 1. The average molecular weight is 273 g/mol. The van der Waals surface area contributed by atoms with Crippen molar-refractivity contribution >= 4 is 21.9 Å². The number of carboxylic acids is 1. The second-order valence-electron chi connectivity index (χ2n) is 3.83. The number of halogens is 1. The van der Waals surface area contributed by atoms with Crippen LogP contribution in [0.15, 0.2) is 22.7 Å². The number of aliphatic carboxylic acids is 1. The number of ether oxygens (including phenoxy) is 1. The van der Waals surface area contributed by atoms with Crippen LogP contribution in [0.4, 0.5) is 0 Å². The highest BCUT2D eigenvalue weighted by Gasteiger charge is 2.29. The molecule has 0 saturated heterocycles. The first-order chi connectivity index (χ1) is 6.83. The third-order valence-electron chi connectivity index (χ3n) is 2.03. The molecule has 1 aromatic rings. The van der Waals surface area contributed by atoms with Crippen molar-refractivity contribution in [1.82, 2.24) is 0 Å². The highest BCUT2D eigenvalue weighted by atomic mass is 79.9. The van der Waals surface area contributed by atoms with E-state index >= 15 is 0 Å². The summed E-state index contributed by atoms with van der Waals surface area (Å²) in [5.74, 6) is -0.404. The van der Waals surface area contributed by atoms with Gasteiger partial charge in [-0.1, -0.05) is 22.0 Å². The molecule has 0 spiro atoms. The number of rotatable bonds is 3. The van der Waals surface area contributed by atoms with Crippen molar-refractivity contribution in [3.05, 3.63) is 28.2 Å². The zero-order chi connectivity index (χ0) is 11.6. The Morgan fingerprint density at radius 3 is 2.60 bits per heavy atom. The normalized spacial score (nSPS) is 11.2. The predicted octanol–water partition coefficient (Wildman–Crippen LogP) is 3.00. The van der Waals surface area contributed by atoms with E-state index in [-0.39, 0.29) is 0 Å². The lowest BCUT2D eigenvalue weighted by Crippen LogP contribution is -2.38. The van der Waals surface area contributed by atoms with Crippen LogP contribution in [0.3, 0.4) is 0 Å². The van der Waals surface area contributed by atoms with Gasteiger partial charge in [0.1, 0.15) is 5.75 Å². The molecule has 3 nitrogen and oxygen atoms in total. The lowest BCUT2D eigenvalue weighted by Gasteiger charge is -2.22. The molecule has 0 aliphatic heterocycles. The minimum absolute atomic E-state index is 0.580. The van der Waals surface area contributed by atoms with Crippen LogP contribution < -0.4 is 4.74 Å². The summed E-state index contributed by atoms with van der Waals surface area (Å²) >= 11 is 3.31. The van der Waals surface area contributed by atoms with Crippen LogP contribution in [-0.4, -0.2) is 16.7 Å². The Kier molecular flexibility index (Phi) is 3.39. The van der Waals surface area contributed by atoms with Crippen LogP contribution >= 0.6 is 15.9 Å². The molecule has 0 radical (unpaired) electrons. The van der Waals surface area contributed by atoms with Crippen LogP contribution in [-0.2, 0) is 4.79 Å². The topological polar surface area (TPSA) is 46.5 Å². The van der Waals surface area contributed by atoms with Gasteiger partial charge in [0.2, 0.25) is 0 Å². The summed E-state index contributed by atoms with van der Waals surface area (Å²) in [5.41, 5.74) is -0.307. The molecule has 4 heteroatoms. The zero-order valence-electron chi connectivity index (χ0n) is 8.87. The van der Waals surface area contributed by atoms with E-state index < -0.39 is 11.6 Å². The summed E-state index contributed by atoms with van der Waals surface area (Å²) in [7, 11) is 0. The summed E-state index contributed by atoms with van der Waals surface area (Å²) < 4.78 is 6.31. The van der Waals surface area contributed by atoms with Crippen molar-refractivity contribution < 1.29 is 14.6 Å². The first kappa shape index (κ1) is 12.0. The Hall–Kier alpha value is -1.03. The standard InChI is InChI=1S/C11H13BrO3/c1-7-4-5-8(12)6-9(7)15-11(2,3)10(13)14/h4-6H,1-3H3,(H,13,14). The van der Waals surface area contributed by atoms with Gasteiger partial charge in [0, 0.05) is 4.47 Å². The predicted molar refractivity (Wildman–Crippen MR) is 61.2 cm³/mol. The number of carbonyl (C=O) groups is 1. The van der Waals surface area contributed by atoms with Crippen molar-refractivity contribution in [1.29, 1.82) is 0 Å². The van der Waals surface area contributed by atoms with Crippen molar-refractivity contribution in [2.45, 2.75) is 26.4 Å². The van der Waals surface area contributed by atoms with E-state index in [1.54, 1.807) is 6.07 Å². The van der Waals surface area contributed by atoms with Crippen molar-refractivity contribution in [2.24, 2.45) is 0 Å². The Balaban J connectivity index is 2.99. The van der Waals surface area contributed by atoms with E-state index in [1.165, 1.54) is 13.8 Å². The monoisotopic (exact) mass is 272 g/mol. The molecule has 82 valence electrons. The van der Waals surface area contributed by atoms with Crippen LogP contribution in [0, 0.1) is 6.92 Å². The lowest BCUT2D eigenvalue weighted by molar-refractivity contribution is -0.152. The van der Waals surface area contributed by atoms with Gasteiger partial charge in [0.25, 0.3) is 0 Å². The summed E-state index contributed by atoms with van der Waals surface area (Å²) in [4.78, 5) is 10.9. The molecular weight excluding hydrogens is 260 g/mol. The molecule has 0 aliphatic rings. The highest BCUT2D eigenvalue weighted by molar-refractivity contribution is 9.10. The maximum atomic E-state index is 10.9. The summed E-state index contributed by atoms with van der Waals surface area (Å²) in [6.45, 7) is 4.92. The quantitative estimate of drug-likeness (QED) is 0.920. The minimum Gasteiger partial charge on any atom is -0.478 e. The van der Waals surface area contributed by atoms with Crippen LogP contribution in [0.1, 0.15) is 19.4 Å². The average Bonchev–Trinajstić information content (AvgIpc) is 2.10. The first-order valence-corrected chi connectivity index (χ1v) is 5.31. The van der Waals surface area contributed by atoms with Gasteiger partial charge in [0.15, 0.2) is 5.60 Å². The molecule has 0 heterocycles. The van der Waals surface area contributed by atoms with E-state index in [1.807, 2.05) is 19.1 Å². The Labute approximate surface area is 97.2 Å². The maximum Gasteiger partial charge on any atom is 0.347 e. The highest BCUT2D eigenvalue weighted by Crippen LogP contribution is 2.26. The van der Waals surface area contributed by atoms with Crippen LogP contribution in [0.25, 0.3) is 0 Å². The molecule has 1 rings (SSSR count). The molecular formula is C11H13BrO3. The molecule has 0 aliphatic carbocycles. The number of carboxylic acid groups (broad SMARTS) is 1. The smallest absolute Gasteiger partial charge is 0.347 e. The van der Waals surface area contributed by atoms with Gasteiger partial charge in [-0.15, -0.1) is 0 Å². The fourth-order valence-electron chi connectivity index (χ4n) is 1.00. The van der Waals surface area contributed by atoms with Gasteiger partial charge in [-0.3, -0.25) is 0 Å². The fourth-order valence-corrected chi connectivity index (χ4v) is 1.34. The molecule has 15 heavy (non-hydrogen) atoms. The lowest BCUT2D eigenvalue weighted by atomic mass is 10.1. The van der Waals surface area contributed by atoms with Crippen molar-refractivity contribution in [2.75, 3.05) is 0 Å². The summed E-state index contributed by atoms with van der Waals surface area (Å²) in [6, 6.07) is 5.52. The molecule has 1 N–H and O–H groups in total. The van der Waals surface area contributed by atoms with E-state index in [0.29, 0.717) is 5.75 Å². The van der Waals surface area contributed by atoms with E-state index in [4.69, 9.17) is 9.84 Å². The van der Waals surface area contributed by atoms with E-state index in [2.05, 4.69) is 15.9 Å². The van der Waals surface area contributed by atoms with Crippen molar-refractivity contribution in [3.63, 3.8) is 0 Å². The van der Waals surface area contributed by atoms with Gasteiger partial charge in [0.05, 0.1) is 0 Å². The number of benzene rings is 1. The second-order valence-corrected chi connectivity index (χ2v) is 4.74. The third kappa shape index (κ3) is 2.96. The van der Waals surface area contributed by atoms with Gasteiger partial charge < -0.3 is 9.84 Å². The zero-order valence-corrected chi connectivity index (χ0v) is 10.5. The number of hydrogen-bond donors (Lipinski definition) is 1. The van der Waals surface area contributed by atoms with Crippen LogP contribution in [0.2, 0.25) is 0 Å². The molecule has 0 unspecified atom stereocenters. The van der Waals surface area contributed by atoms with Gasteiger partial charge in [-0.2, -0.15) is 0 Å². The fraction of sp³-hybridized carbons (Fsp3) is 0.364. The largest absolute Gasteiger partial charge is 0.478 e. The molecule has 0 bridgehead atoms. The Morgan fingerprint density at radius 1 is 1.47 bits per heavy atom. The van der Waals surface area contributed by atoms with Crippen molar-refractivity contribution in [3.8, 4) is 5.75 Å². The first-order valence-electron chi connectivity index (χ1n) is 4.51. The van der Waals surface area contributed by atoms with E-state index in [9.17, 15) is 4.79 Å². The van der Waals surface area contributed by atoms with E-state index in [0.717, 1.165) is 10.0 Å². The Bertz CT molecular complexity index is 385. The summed E-state index contributed by atoms with van der Waals surface area (Å²) in [5, 5.41) is 8.93. The molecule has 0 saturated carbocycles. The van der Waals surface area contributed by atoms with Gasteiger partial charge in [-0.25, -0.2) is 4.79 Å². The molecule has 0 fully saturated rings. The molecule has 0 atom stereocenters. The summed E-state index contributed by atoms with van der Waals surface area (Å²) in [6.07, 6.45) is 0. The SMILES string of the molecule is Cc1ccc(Br)cc1OC(C)(C)C(=O)O. The molecule has 1 aromatic carbocycles. The van der Waals surface area contributed by atoms with Gasteiger partial charge in [-0.05, 0) is 38.5 Å². The second kappa shape index (κ2) is 4.23. The van der Waals surface area contributed by atoms with Gasteiger partial charge >= 0.3 is 5.97 Å². The Morgan fingerprint density at radius 2 is 2.07 bits per heavy atom. The molecule has 0 aromatic heterocycles. The van der Waals surface area contributed by atoms with Crippen LogP contribution in [0.5, 0.6) is 5.75 Å². The minimum atomic E-state index is -1.22. The number of hydrogen-bond acceptors (Lipinski definition) is 2. The molecule has 0 amide bonds. The maximum absolute atomic E-state index is 10.9.